The van der Waals surface area contributed by atoms with E-state index in [1.165, 1.54) is 19.2 Å². The van der Waals surface area contributed by atoms with E-state index in [2.05, 4.69) is 20.0 Å². The second-order valence-electron chi connectivity index (χ2n) is 6.93. The number of hydrogen-bond acceptors (Lipinski definition) is 5. The third-order valence-electron chi connectivity index (χ3n) is 5.08. The molecule has 0 saturated heterocycles. The molecule has 3 heterocycles. The van der Waals surface area contributed by atoms with Gasteiger partial charge in [-0.25, -0.2) is 9.18 Å². The summed E-state index contributed by atoms with van der Waals surface area (Å²) in [4.78, 5) is 28.8. The van der Waals surface area contributed by atoms with E-state index in [0.717, 1.165) is 0 Å². The number of aromatic nitrogens is 4. The number of esters is 1. The van der Waals surface area contributed by atoms with E-state index >= 15 is 4.39 Å². The molecule has 0 spiro atoms. The van der Waals surface area contributed by atoms with Crippen molar-refractivity contribution in [2.45, 2.75) is 19.4 Å². The van der Waals surface area contributed by atoms with Crippen molar-refractivity contribution in [2.75, 3.05) is 20.2 Å². The van der Waals surface area contributed by atoms with Crippen LogP contribution in [-0.4, -0.2) is 57.0 Å². The van der Waals surface area contributed by atoms with Crippen LogP contribution in [0.15, 0.2) is 30.6 Å². The third kappa shape index (κ3) is 3.80. The standard InChI is InChI=1S/C20H19ClFN5O3/c1-30-20(29)16-10-14-15(21)9-13(18(22)19(14)24-16)12-3-2-6-26(11-12)17(28)4-7-27-8-5-23-25-27/h3,5,8-10,24H,2,4,6-7,11H2,1H3. The molecule has 0 saturated carbocycles. The Morgan fingerprint density at radius 2 is 2.20 bits per heavy atom. The molecule has 1 aliphatic heterocycles. The number of halogens is 2. The van der Waals surface area contributed by atoms with Crippen molar-refractivity contribution >= 4 is 40.0 Å². The van der Waals surface area contributed by atoms with Crippen molar-refractivity contribution in [3.63, 3.8) is 0 Å². The average molecular weight is 432 g/mol. The number of nitrogens with one attached hydrogen (secondary N) is 1. The maximum atomic E-state index is 15.3. The van der Waals surface area contributed by atoms with Crippen LogP contribution in [0.2, 0.25) is 5.02 Å². The third-order valence-corrected chi connectivity index (χ3v) is 5.40. The summed E-state index contributed by atoms with van der Waals surface area (Å²) in [6.45, 7) is 1.27. The van der Waals surface area contributed by atoms with E-state index in [-0.39, 0.29) is 30.1 Å². The summed E-state index contributed by atoms with van der Waals surface area (Å²) in [7, 11) is 1.25. The second kappa shape index (κ2) is 8.27. The van der Waals surface area contributed by atoms with Crippen LogP contribution in [0.3, 0.4) is 0 Å². The average Bonchev–Trinajstić information content (AvgIpc) is 3.44. The smallest absolute Gasteiger partial charge is 0.354 e. The molecule has 4 rings (SSSR count). The van der Waals surface area contributed by atoms with E-state index in [4.69, 9.17) is 11.6 Å². The Balaban J connectivity index is 1.57. The number of fused-ring (bicyclic) bond motifs is 1. The van der Waals surface area contributed by atoms with Crippen LogP contribution < -0.4 is 0 Å². The topological polar surface area (TPSA) is 93.1 Å². The number of ether oxygens (including phenoxy) is 1. The van der Waals surface area contributed by atoms with E-state index < -0.39 is 11.8 Å². The molecule has 156 valence electrons. The maximum Gasteiger partial charge on any atom is 0.354 e. The zero-order valence-electron chi connectivity index (χ0n) is 16.2. The van der Waals surface area contributed by atoms with Gasteiger partial charge in [-0.1, -0.05) is 22.9 Å². The number of amides is 1. The molecule has 8 nitrogen and oxygen atoms in total. The number of hydrogen-bond donors (Lipinski definition) is 1. The van der Waals surface area contributed by atoms with Gasteiger partial charge in [-0.2, -0.15) is 0 Å². The van der Waals surface area contributed by atoms with Gasteiger partial charge in [0.25, 0.3) is 0 Å². The lowest BCUT2D eigenvalue weighted by molar-refractivity contribution is -0.131. The van der Waals surface area contributed by atoms with Crippen molar-refractivity contribution < 1.29 is 18.7 Å². The Bertz CT molecular complexity index is 1140. The lowest BCUT2D eigenvalue weighted by Crippen LogP contribution is -2.36. The van der Waals surface area contributed by atoms with Crippen molar-refractivity contribution in [2.24, 2.45) is 0 Å². The Hall–Kier alpha value is -3.20. The molecule has 30 heavy (non-hydrogen) atoms. The molecule has 0 aliphatic carbocycles. The number of benzene rings is 1. The number of rotatable bonds is 5. The van der Waals surface area contributed by atoms with Crippen molar-refractivity contribution in [3.05, 3.63) is 52.7 Å². The van der Waals surface area contributed by atoms with Gasteiger partial charge in [0.05, 0.1) is 30.4 Å². The van der Waals surface area contributed by atoms with Crippen LogP contribution in [0, 0.1) is 5.82 Å². The second-order valence-corrected chi connectivity index (χ2v) is 7.34. The Morgan fingerprint density at radius 3 is 2.93 bits per heavy atom. The number of aromatic amines is 1. The minimum atomic E-state index is -0.607. The number of H-pyrrole nitrogens is 1. The van der Waals surface area contributed by atoms with Gasteiger partial charge < -0.3 is 14.6 Å². The summed E-state index contributed by atoms with van der Waals surface area (Å²) >= 11 is 6.36. The number of aryl methyl sites for hydroxylation is 1. The van der Waals surface area contributed by atoms with Gasteiger partial charge in [0.2, 0.25) is 5.91 Å². The first-order valence-electron chi connectivity index (χ1n) is 9.38. The molecule has 2 aromatic heterocycles. The lowest BCUT2D eigenvalue weighted by atomic mass is 9.99. The van der Waals surface area contributed by atoms with Crippen LogP contribution >= 0.6 is 11.6 Å². The normalized spacial score (nSPS) is 14.1. The largest absolute Gasteiger partial charge is 0.464 e. The molecule has 1 aromatic carbocycles. The number of carbonyl (C=O) groups excluding carboxylic acids is 2. The van der Waals surface area contributed by atoms with Crippen LogP contribution in [0.25, 0.3) is 16.5 Å². The monoisotopic (exact) mass is 431 g/mol. The summed E-state index contributed by atoms with van der Waals surface area (Å²) in [5.74, 6) is -1.17. The van der Waals surface area contributed by atoms with Crippen LogP contribution in [0.1, 0.15) is 28.9 Å². The number of carbonyl (C=O) groups is 2. The molecule has 0 atom stereocenters. The van der Waals surface area contributed by atoms with Gasteiger partial charge in [0, 0.05) is 36.7 Å². The number of nitrogens with zero attached hydrogens (tertiary/aromatic N) is 4. The van der Waals surface area contributed by atoms with Gasteiger partial charge in [-0.15, -0.1) is 5.10 Å². The predicted octanol–water partition coefficient (Wildman–Crippen LogP) is 3.04. The van der Waals surface area contributed by atoms with E-state index in [1.807, 2.05) is 6.08 Å². The Labute approximate surface area is 176 Å². The molecule has 0 bridgehead atoms. The van der Waals surface area contributed by atoms with Crippen molar-refractivity contribution in [3.8, 4) is 0 Å². The highest BCUT2D eigenvalue weighted by molar-refractivity contribution is 6.35. The zero-order valence-corrected chi connectivity index (χ0v) is 16.9. The first-order valence-corrected chi connectivity index (χ1v) is 9.76. The van der Waals surface area contributed by atoms with Gasteiger partial charge in [0.1, 0.15) is 5.69 Å². The molecule has 1 N–H and O–H groups in total. The van der Waals surface area contributed by atoms with Gasteiger partial charge in [-0.3, -0.25) is 9.48 Å². The van der Waals surface area contributed by atoms with Crippen LogP contribution in [-0.2, 0) is 16.1 Å². The van der Waals surface area contributed by atoms with E-state index in [0.29, 0.717) is 41.1 Å². The fourth-order valence-corrected chi connectivity index (χ4v) is 3.80. The molecular formula is C20H19ClFN5O3. The maximum absolute atomic E-state index is 15.3. The summed E-state index contributed by atoms with van der Waals surface area (Å²) in [5, 5.41) is 8.28. The highest BCUT2D eigenvalue weighted by Crippen LogP contribution is 2.34. The van der Waals surface area contributed by atoms with Crippen LogP contribution in [0.4, 0.5) is 4.39 Å². The van der Waals surface area contributed by atoms with Gasteiger partial charge in [-0.05, 0) is 24.1 Å². The molecule has 10 heteroatoms. The molecule has 1 amide bonds. The van der Waals surface area contributed by atoms with Gasteiger partial charge >= 0.3 is 5.97 Å². The van der Waals surface area contributed by atoms with Gasteiger partial charge in [0.15, 0.2) is 5.82 Å². The highest BCUT2D eigenvalue weighted by Gasteiger charge is 2.24. The quantitative estimate of drug-likeness (QED) is 0.627. The van der Waals surface area contributed by atoms with Crippen molar-refractivity contribution in [1.82, 2.24) is 24.9 Å². The predicted molar refractivity (Wildman–Crippen MR) is 108 cm³/mol. The van der Waals surface area contributed by atoms with E-state index in [9.17, 15) is 9.59 Å². The first kappa shape index (κ1) is 20.1. The molecule has 1 aliphatic rings. The Morgan fingerprint density at radius 1 is 1.37 bits per heavy atom. The molecular weight excluding hydrogens is 413 g/mol. The summed E-state index contributed by atoms with van der Waals surface area (Å²) in [5.41, 5.74) is 1.23. The summed E-state index contributed by atoms with van der Waals surface area (Å²) in [6, 6.07) is 2.99. The van der Waals surface area contributed by atoms with Crippen molar-refractivity contribution in [1.29, 1.82) is 0 Å². The zero-order chi connectivity index (χ0) is 21.3. The first-order chi connectivity index (χ1) is 14.5. The van der Waals surface area contributed by atoms with Crippen LogP contribution in [0.5, 0.6) is 0 Å². The molecule has 0 radical (unpaired) electrons. The van der Waals surface area contributed by atoms with E-state index in [1.54, 1.807) is 22.0 Å². The summed E-state index contributed by atoms with van der Waals surface area (Å²) < 4.78 is 21.5. The fourth-order valence-electron chi connectivity index (χ4n) is 3.54. The summed E-state index contributed by atoms with van der Waals surface area (Å²) in [6.07, 6.45) is 6.04. The molecule has 3 aromatic rings. The minimum Gasteiger partial charge on any atom is -0.464 e. The SMILES string of the molecule is COC(=O)c1cc2c(Cl)cc(C3=CCCN(C(=O)CCn4ccnn4)C3)c(F)c2[nH]1. The highest BCUT2D eigenvalue weighted by atomic mass is 35.5. The fraction of sp³-hybridized carbons (Fsp3) is 0.300. The minimum absolute atomic E-state index is 0.0449. The lowest BCUT2D eigenvalue weighted by Gasteiger charge is -2.28. The molecule has 0 unspecified atom stereocenters. The number of methoxy groups -OCH3 is 1. The Kier molecular flexibility index (Phi) is 5.54. The molecule has 0 fully saturated rings.